The largest absolute Gasteiger partial charge is 0.311 e. The lowest BCUT2D eigenvalue weighted by Crippen LogP contribution is -2.79. The van der Waals surface area contributed by atoms with Gasteiger partial charge in [-0.15, -0.1) is 0 Å². The van der Waals surface area contributed by atoms with Crippen LogP contribution in [-0.2, 0) is 0 Å². The van der Waals surface area contributed by atoms with Crippen LogP contribution in [0, 0.1) is 0 Å². The van der Waals surface area contributed by atoms with Crippen LogP contribution in [0.2, 0.25) is 0 Å². The molecule has 0 radical (unpaired) electrons. The number of para-hydroxylation sites is 3. The highest BCUT2D eigenvalue weighted by molar-refractivity contribution is 8.01. The van der Waals surface area contributed by atoms with E-state index in [1.54, 1.807) is 0 Å². The molecule has 1 spiro atoms. The van der Waals surface area contributed by atoms with Gasteiger partial charge in [0.2, 0.25) is 6.71 Å². The molecule has 8 heteroatoms. The van der Waals surface area contributed by atoms with Gasteiger partial charge in [-0.25, -0.2) is 0 Å². The normalized spacial score (nSPS) is 14.3. The van der Waals surface area contributed by atoms with E-state index in [-0.39, 0.29) is 6.71 Å². The fraction of sp³-hybridized carbons (Fsp3) is 0. The molecule has 0 unspecified atom stereocenters. The quantitative estimate of drug-likeness (QED) is 0.164. The first-order valence-electron chi connectivity index (χ1n) is 22.4. The zero-order chi connectivity index (χ0) is 43.3. The van der Waals surface area contributed by atoms with E-state index in [0.29, 0.717) is 0 Å². The summed E-state index contributed by atoms with van der Waals surface area (Å²) in [4.78, 5) is 20.2. The Morgan fingerprint density at radius 2 is 0.818 bits per heavy atom. The SMILES string of the molecule is c1ccc(N2c3ccccc3[Si]3(c4ccccc42)c2cc(-c4ccccn4)ccc2N(c2cc4c5c(c2)Sc2ccccc2B5c2ccccc2S4)c2ccc(-c4ccccn4)cc23)cc1. The highest BCUT2D eigenvalue weighted by atomic mass is 32.2. The van der Waals surface area contributed by atoms with Crippen LogP contribution >= 0.6 is 23.5 Å². The van der Waals surface area contributed by atoms with E-state index in [4.69, 9.17) is 9.97 Å². The van der Waals surface area contributed by atoms with Crippen LogP contribution in [0.1, 0.15) is 0 Å². The summed E-state index contributed by atoms with van der Waals surface area (Å²) < 4.78 is 0. The van der Waals surface area contributed by atoms with Gasteiger partial charge in [0, 0.05) is 77.2 Å². The van der Waals surface area contributed by atoms with Crippen LogP contribution < -0.4 is 46.9 Å². The van der Waals surface area contributed by atoms with Crippen molar-refractivity contribution in [3.8, 4) is 22.5 Å². The molecule has 2 aromatic heterocycles. The van der Waals surface area contributed by atoms with Crippen molar-refractivity contribution in [2.45, 2.75) is 19.6 Å². The third-order valence-corrected chi connectivity index (χ3v) is 21.0. The lowest BCUT2D eigenvalue weighted by molar-refractivity contribution is 1.23. The summed E-state index contributed by atoms with van der Waals surface area (Å²) in [5.74, 6) is 0. The summed E-state index contributed by atoms with van der Waals surface area (Å²) in [5.41, 5.74) is 15.4. The second kappa shape index (κ2) is 14.8. The molecule has 4 aliphatic heterocycles. The van der Waals surface area contributed by atoms with Gasteiger partial charge in [-0.2, -0.15) is 0 Å². The number of hydrogen-bond donors (Lipinski definition) is 0. The number of nitrogens with zero attached hydrogens (tertiary/aromatic N) is 4. The Bertz CT molecular complexity index is 3380. The summed E-state index contributed by atoms with van der Waals surface area (Å²) in [6.07, 6.45) is 3.81. The van der Waals surface area contributed by atoms with Crippen LogP contribution in [0.5, 0.6) is 0 Å². The third-order valence-electron chi connectivity index (χ3n) is 13.9. The van der Waals surface area contributed by atoms with E-state index in [2.05, 4.69) is 210 Å². The number of benzene rings is 8. The van der Waals surface area contributed by atoms with Crippen LogP contribution in [0.25, 0.3) is 22.5 Å². The molecule has 0 saturated heterocycles. The maximum atomic E-state index is 4.95. The van der Waals surface area contributed by atoms with E-state index in [1.165, 1.54) is 79.5 Å². The van der Waals surface area contributed by atoms with Gasteiger partial charge in [0.05, 0.1) is 11.4 Å². The monoisotopic (exact) mass is 892 g/mol. The van der Waals surface area contributed by atoms with Gasteiger partial charge in [-0.1, -0.05) is 162 Å². The topological polar surface area (TPSA) is 32.3 Å². The summed E-state index contributed by atoms with van der Waals surface area (Å²) >= 11 is 3.82. The van der Waals surface area contributed by atoms with Crippen molar-refractivity contribution in [3.63, 3.8) is 0 Å². The number of aromatic nitrogens is 2. The van der Waals surface area contributed by atoms with Crippen molar-refractivity contribution in [1.82, 2.24) is 9.97 Å². The van der Waals surface area contributed by atoms with E-state index in [0.717, 1.165) is 33.9 Å². The molecular weight excluding hydrogens is 856 g/mol. The first-order chi connectivity index (χ1) is 32.7. The second-order valence-corrected chi connectivity index (χ2v) is 23.1. The number of pyridine rings is 2. The maximum absolute atomic E-state index is 4.95. The second-order valence-electron chi connectivity index (χ2n) is 17.3. The molecule has 14 rings (SSSR count). The minimum Gasteiger partial charge on any atom is -0.311 e. The van der Waals surface area contributed by atoms with Crippen LogP contribution in [0.3, 0.4) is 0 Å². The highest BCUT2D eigenvalue weighted by Crippen LogP contribution is 2.48. The van der Waals surface area contributed by atoms with Crippen molar-refractivity contribution < 1.29 is 0 Å². The summed E-state index contributed by atoms with van der Waals surface area (Å²) in [6.45, 7) is 0.181. The number of rotatable bonds is 4. The fourth-order valence-corrected chi connectivity index (χ4v) is 19.2. The third kappa shape index (κ3) is 5.50. The molecule has 0 saturated carbocycles. The van der Waals surface area contributed by atoms with Crippen LogP contribution in [0.4, 0.5) is 34.1 Å². The zero-order valence-electron chi connectivity index (χ0n) is 35.5. The molecule has 66 heavy (non-hydrogen) atoms. The Labute approximate surface area is 393 Å². The van der Waals surface area contributed by atoms with Gasteiger partial charge in [0.25, 0.3) is 0 Å². The first kappa shape index (κ1) is 38.0. The Hall–Kier alpha value is -7.36. The molecule has 8 aromatic carbocycles. The summed E-state index contributed by atoms with van der Waals surface area (Å²) in [6, 6.07) is 79.0. The molecule has 0 aliphatic carbocycles. The van der Waals surface area contributed by atoms with Gasteiger partial charge < -0.3 is 9.80 Å². The lowest BCUT2D eigenvalue weighted by Gasteiger charge is -2.50. The van der Waals surface area contributed by atoms with Crippen LogP contribution in [0.15, 0.2) is 244 Å². The minimum absolute atomic E-state index is 0.181. The Morgan fingerprint density at radius 3 is 1.35 bits per heavy atom. The minimum atomic E-state index is -3.22. The molecule has 4 aliphatic rings. The van der Waals surface area contributed by atoms with Crippen molar-refractivity contribution >= 4 is 110 Å². The van der Waals surface area contributed by atoms with Crippen molar-refractivity contribution in [3.05, 3.63) is 225 Å². The molecule has 4 nitrogen and oxygen atoms in total. The fourth-order valence-electron chi connectivity index (χ4n) is 11.2. The van der Waals surface area contributed by atoms with Crippen molar-refractivity contribution in [1.29, 1.82) is 0 Å². The molecule has 0 fully saturated rings. The van der Waals surface area contributed by atoms with E-state index >= 15 is 0 Å². The van der Waals surface area contributed by atoms with Gasteiger partial charge in [-0.05, 0) is 111 Å². The summed E-state index contributed by atoms with van der Waals surface area (Å²) in [7, 11) is -3.22. The van der Waals surface area contributed by atoms with E-state index < -0.39 is 8.07 Å². The average molecular weight is 893 g/mol. The molecular formula is C58H37BN4S2Si. The molecule has 0 atom stereocenters. The van der Waals surface area contributed by atoms with Crippen molar-refractivity contribution in [2.24, 2.45) is 0 Å². The molecule has 6 heterocycles. The highest BCUT2D eigenvalue weighted by Gasteiger charge is 2.54. The summed E-state index contributed by atoms with van der Waals surface area (Å²) in [5, 5.41) is 5.39. The smallest absolute Gasteiger partial charge is 0.247 e. The Balaban J connectivity index is 1.10. The molecule has 0 bridgehead atoms. The Kier molecular flexibility index (Phi) is 8.53. The molecule has 10 aromatic rings. The van der Waals surface area contributed by atoms with Crippen LogP contribution in [-0.4, -0.2) is 24.8 Å². The van der Waals surface area contributed by atoms with Gasteiger partial charge in [0.15, 0.2) is 8.07 Å². The Morgan fingerprint density at radius 1 is 0.364 bits per heavy atom. The van der Waals surface area contributed by atoms with Gasteiger partial charge >= 0.3 is 0 Å². The number of anilines is 6. The average Bonchev–Trinajstić information content (AvgIpc) is 3.39. The number of hydrogen-bond acceptors (Lipinski definition) is 6. The lowest BCUT2D eigenvalue weighted by atomic mass is 9.36. The predicted molar refractivity (Wildman–Crippen MR) is 279 cm³/mol. The zero-order valence-corrected chi connectivity index (χ0v) is 38.2. The standard InChI is InChI=1S/C58H37BN4S2Si/c1-2-16-40(17-3-1)62-46-22-6-10-26-54(46)66(55-27-11-7-23-47(55)62)56-34-38(44-20-12-14-32-60-44)28-30-48(56)63(49-31-29-39(35-57(49)66)45-21-13-15-33-61-45)41-36-52-58-53(37-41)65-51-25-9-5-19-43(51)59(58)42-18-4-8-24-50(42)64-52/h1-37H. The van der Waals surface area contributed by atoms with E-state index in [9.17, 15) is 0 Å². The molecule has 0 amide bonds. The van der Waals surface area contributed by atoms with Gasteiger partial charge in [0.1, 0.15) is 0 Å². The van der Waals surface area contributed by atoms with Gasteiger partial charge in [-0.3, -0.25) is 9.97 Å². The number of fused-ring (bicyclic) bond motifs is 12. The predicted octanol–water partition coefficient (Wildman–Crippen LogP) is 10.2. The maximum Gasteiger partial charge on any atom is 0.247 e. The first-order valence-corrected chi connectivity index (χ1v) is 26.0. The van der Waals surface area contributed by atoms with Crippen molar-refractivity contribution in [2.75, 3.05) is 9.80 Å². The van der Waals surface area contributed by atoms with E-state index in [1.807, 2.05) is 48.1 Å². The molecule has 0 N–H and O–H groups in total. The molecule has 308 valence electrons.